The molecule has 0 saturated heterocycles. The second kappa shape index (κ2) is 3.04. The van der Waals surface area contributed by atoms with E-state index in [2.05, 4.69) is 21.2 Å². The number of dihydropyridines is 1. The van der Waals surface area contributed by atoms with Crippen LogP contribution in [0, 0.1) is 10.1 Å². The molecule has 0 aromatic heterocycles. The van der Waals surface area contributed by atoms with Crippen molar-refractivity contribution in [1.82, 2.24) is 5.32 Å². The second-order valence-electron chi connectivity index (χ2n) is 2.23. The quantitative estimate of drug-likeness (QED) is 0.411. The van der Waals surface area contributed by atoms with Gasteiger partial charge >= 0.3 is 0 Å². The Morgan fingerprint density at radius 1 is 1.82 bits per heavy atom. The Hall–Kier alpha value is -0.840. The number of nitro groups is 1. The van der Waals surface area contributed by atoms with Crippen molar-refractivity contribution in [1.29, 1.82) is 0 Å². The normalized spacial score (nSPS) is 17.5. The first kappa shape index (κ1) is 8.26. The SMILES string of the molecule is CC1=C([N+](=O)[O-])CNC(Br)=C1. The third-order valence-corrected chi connectivity index (χ3v) is 1.95. The van der Waals surface area contributed by atoms with E-state index < -0.39 is 0 Å². The molecule has 0 aromatic carbocycles. The van der Waals surface area contributed by atoms with Crippen LogP contribution in [0.25, 0.3) is 0 Å². The molecule has 1 rings (SSSR count). The Balaban J connectivity index is 2.95. The van der Waals surface area contributed by atoms with Crippen LogP contribution in [0.3, 0.4) is 0 Å². The van der Waals surface area contributed by atoms with Crippen molar-refractivity contribution >= 4 is 15.9 Å². The molecule has 1 N–H and O–H groups in total. The van der Waals surface area contributed by atoms with E-state index in [-0.39, 0.29) is 17.2 Å². The zero-order valence-electron chi connectivity index (χ0n) is 5.93. The maximum Gasteiger partial charge on any atom is 0.268 e. The summed E-state index contributed by atoms with van der Waals surface area (Å²) in [5.74, 6) is 0. The maximum atomic E-state index is 10.3. The number of hydrogen-bond acceptors (Lipinski definition) is 3. The minimum atomic E-state index is -0.363. The van der Waals surface area contributed by atoms with Crippen molar-refractivity contribution in [2.24, 2.45) is 0 Å². The lowest BCUT2D eigenvalue weighted by atomic mass is 10.2. The monoisotopic (exact) mass is 218 g/mol. The summed E-state index contributed by atoms with van der Waals surface area (Å²) in [6.45, 7) is 2.01. The fourth-order valence-electron chi connectivity index (χ4n) is 0.841. The lowest BCUT2D eigenvalue weighted by molar-refractivity contribution is -0.427. The number of halogens is 1. The molecule has 0 spiro atoms. The second-order valence-corrected chi connectivity index (χ2v) is 3.09. The lowest BCUT2D eigenvalue weighted by Crippen LogP contribution is -2.22. The molecule has 1 aliphatic rings. The summed E-state index contributed by atoms with van der Waals surface area (Å²) < 4.78 is 0.792. The van der Waals surface area contributed by atoms with Gasteiger partial charge in [0.25, 0.3) is 5.70 Å². The van der Waals surface area contributed by atoms with Gasteiger partial charge in [-0.1, -0.05) is 0 Å². The summed E-state index contributed by atoms with van der Waals surface area (Å²) in [5.41, 5.74) is 0.925. The highest BCUT2D eigenvalue weighted by Gasteiger charge is 2.17. The van der Waals surface area contributed by atoms with Gasteiger partial charge < -0.3 is 5.32 Å². The smallest absolute Gasteiger partial charge is 0.268 e. The van der Waals surface area contributed by atoms with Crippen molar-refractivity contribution < 1.29 is 4.92 Å². The van der Waals surface area contributed by atoms with Crippen LogP contribution in [0.5, 0.6) is 0 Å². The van der Waals surface area contributed by atoms with E-state index in [9.17, 15) is 10.1 Å². The number of rotatable bonds is 1. The van der Waals surface area contributed by atoms with Crippen LogP contribution >= 0.6 is 15.9 Å². The van der Waals surface area contributed by atoms with Crippen LogP contribution in [0.2, 0.25) is 0 Å². The Morgan fingerprint density at radius 2 is 2.45 bits per heavy atom. The van der Waals surface area contributed by atoms with Crippen LogP contribution in [0.15, 0.2) is 22.0 Å². The Labute approximate surface area is 72.2 Å². The van der Waals surface area contributed by atoms with Gasteiger partial charge in [0.1, 0.15) is 6.54 Å². The van der Waals surface area contributed by atoms with Crippen molar-refractivity contribution in [3.05, 3.63) is 32.1 Å². The van der Waals surface area contributed by atoms with Gasteiger partial charge in [-0.2, -0.15) is 0 Å². The van der Waals surface area contributed by atoms with Crippen LogP contribution in [-0.2, 0) is 0 Å². The van der Waals surface area contributed by atoms with E-state index >= 15 is 0 Å². The average molecular weight is 219 g/mol. The molecule has 4 nitrogen and oxygen atoms in total. The van der Waals surface area contributed by atoms with Gasteiger partial charge in [0.05, 0.1) is 9.53 Å². The van der Waals surface area contributed by atoms with Gasteiger partial charge in [-0.15, -0.1) is 0 Å². The first-order valence-electron chi connectivity index (χ1n) is 3.06. The molecule has 60 valence electrons. The van der Waals surface area contributed by atoms with Gasteiger partial charge in [0.15, 0.2) is 0 Å². The first-order chi connectivity index (χ1) is 5.11. The van der Waals surface area contributed by atoms with E-state index in [0.29, 0.717) is 5.57 Å². The molecule has 5 heteroatoms. The summed E-state index contributed by atoms with van der Waals surface area (Å²) in [4.78, 5) is 9.97. The fourth-order valence-corrected chi connectivity index (χ4v) is 1.32. The molecular formula is C6H7BrN2O2. The molecule has 1 aliphatic heterocycles. The Morgan fingerprint density at radius 3 is 2.91 bits per heavy atom. The fraction of sp³-hybridized carbons (Fsp3) is 0.333. The Kier molecular flexibility index (Phi) is 2.28. The number of nitrogens with zero attached hydrogens (tertiary/aromatic N) is 1. The molecule has 0 unspecified atom stereocenters. The predicted octanol–water partition coefficient (Wildman–Crippen LogP) is 1.38. The molecule has 0 saturated carbocycles. The standard InChI is InChI=1S/C6H7BrN2O2/c1-4-2-6(7)8-3-5(4)9(10)11/h2,8H,3H2,1H3. The van der Waals surface area contributed by atoms with Gasteiger partial charge in [-0.25, -0.2) is 0 Å². The van der Waals surface area contributed by atoms with E-state index in [1.165, 1.54) is 0 Å². The molecule has 0 atom stereocenters. The average Bonchev–Trinajstić information content (AvgIpc) is 1.85. The van der Waals surface area contributed by atoms with Crippen LogP contribution < -0.4 is 5.32 Å². The molecule has 0 radical (unpaired) electrons. The highest BCUT2D eigenvalue weighted by atomic mass is 79.9. The largest absolute Gasteiger partial charge is 0.369 e. The van der Waals surface area contributed by atoms with Crippen molar-refractivity contribution in [3.8, 4) is 0 Å². The molecule has 11 heavy (non-hydrogen) atoms. The molecule has 0 bridgehead atoms. The van der Waals surface area contributed by atoms with Crippen LogP contribution in [0.1, 0.15) is 6.92 Å². The van der Waals surface area contributed by atoms with Crippen molar-refractivity contribution in [3.63, 3.8) is 0 Å². The van der Waals surface area contributed by atoms with Crippen molar-refractivity contribution in [2.75, 3.05) is 6.54 Å². The molecule has 0 aliphatic carbocycles. The van der Waals surface area contributed by atoms with Crippen LogP contribution in [0.4, 0.5) is 0 Å². The van der Waals surface area contributed by atoms with Crippen LogP contribution in [-0.4, -0.2) is 11.5 Å². The molecule has 0 aromatic rings. The van der Waals surface area contributed by atoms with Gasteiger partial charge in [-0.05, 0) is 28.9 Å². The molecule has 0 fully saturated rings. The zero-order chi connectivity index (χ0) is 8.43. The summed E-state index contributed by atoms with van der Waals surface area (Å²) >= 11 is 3.20. The van der Waals surface area contributed by atoms with E-state index in [4.69, 9.17) is 0 Å². The van der Waals surface area contributed by atoms with E-state index in [1.54, 1.807) is 13.0 Å². The zero-order valence-corrected chi connectivity index (χ0v) is 7.51. The number of hydrogen-bond donors (Lipinski definition) is 1. The summed E-state index contributed by atoms with van der Waals surface area (Å²) in [6.07, 6.45) is 1.70. The van der Waals surface area contributed by atoms with E-state index in [1.807, 2.05) is 0 Å². The minimum Gasteiger partial charge on any atom is -0.369 e. The topological polar surface area (TPSA) is 55.2 Å². The van der Waals surface area contributed by atoms with Gasteiger partial charge in [0.2, 0.25) is 0 Å². The lowest BCUT2D eigenvalue weighted by Gasteiger charge is -2.09. The summed E-state index contributed by atoms with van der Waals surface area (Å²) in [7, 11) is 0. The maximum absolute atomic E-state index is 10.3. The summed E-state index contributed by atoms with van der Waals surface area (Å²) in [5, 5.41) is 13.2. The van der Waals surface area contributed by atoms with Gasteiger partial charge in [-0.3, -0.25) is 10.1 Å². The number of nitrogens with one attached hydrogen (secondary N) is 1. The number of allylic oxidation sites excluding steroid dienone is 2. The highest BCUT2D eigenvalue weighted by Crippen LogP contribution is 2.15. The predicted molar refractivity (Wildman–Crippen MR) is 44.7 cm³/mol. The molecular weight excluding hydrogens is 212 g/mol. The van der Waals surface area contributed by atoms with Crippen molar-refractivity contribution in [2.45, 2.75) is 6.92 Å². The minimum absolute atomic E-state index is 0.230. The Bertz CT molecular complexity index is 257. The summed E-state index contributed by atoms with van der Waals surface area (Å²) in [6, 6.07) is 0. The first-order valence-corrected chi connectivity index (χ1v) is 3.86. The molecule has 1 heterocycles. The highest BCUT2D eigenvalue weighted by molar-refractivity contribution is 9.11. The molecule has 0 amide bonds. The van der Waals surface area contributed by atoms with E-state index in [0.717, 1.165) is 4.61 Å². The third-order valence-electron chi connectivity index (χ3n) is 1.44. The third kappa shape index (κ3) is 1.80. The van der Waals surface area contributed by atoms with Gasteiger partial charge in [0, 0.05) is 5.57 Å².